The van der Waals surface area contributed by atoms with Crippen molar-refractivity contribution >= 4 is 18.7 Å². The van der Waals surface area contributed by atoms with Gasteiger partial charge in [-0.25, -0.2) is 0 Å². The summed E-state index contributed by atoms with van der Waals surface area (Å²) >= 11 is 0. The lowest BCUT2D eigenvalue weighted by Crippen LogP contribution is -2.67. The number of benzene rings is 3. The topological polar surface area (TPSA) is 27.7 Å². The van der Waals surface area contributed by atoms with Gasteiger partial charge in [0.15, 0.2) is 0 Å². The van der Waals surface area contributed by atoms with Crippen molar-refractivity contribution in [1.29, 1.82) is 0 Å². The minimum Gasteiger partial charge on any atom is -0.497 e. The molecule has 4 heteroatoms. The second kappa shape index (κ2) is 11.7. The van der Waals surface area contributed by atoms with E-state index < -0.39 is 8.32 Å². The quantitative estimate of drug-likeness (QED) is 0.253. The Morgan fingerprint density at radius 2 is 1.38 bits per heavy atom. The van der Waals surface area contributed by atoms with Gasteiger partial charge in [0.25, 0.3) is 8.32 Å². The van der Waals surface area contributed by atoms with E-state index in [1.807, 2.05) is 30.3 Å². The zero-order chi connectivity index (χ0) is 24.6. The average molecular weight is 475 g/mol. The maximum Gasteiger partial charge on any atom is 0.261 e. The molecule has 3 nitrogen and oxygen atoms in total. The van der Waals surface area contributed by atoms with Crippen molar-refractivity contribution < 1.29 is 13.9 Å². The van der Waals surface area contributed by atoms with Gasteiger partial charge in [0.05, 0.1) is 19.8 Å². The van der Waals surface area contributed by atoms with E-state index in [-0.39, 0.29) is 17.1 Å². The smallest absolute Gasteiger partial charge is 0.261 e. The molecule has 0 aromatic heterocycles. The Morgan fingerprint density at radius 1 is 0.853 bits per heavy atom. The Labute approximate surface area is 206 Å². The summed E-state index contributed by atoms with van der Waals surface area (Å²) in [4.78, 5) is 0. The molecular formula is C30H38O3Si. The number of hydrogen-bond acceptors (Lipinski definition) is 3. The molecule has 0 saturated heterocycles. The number of ether oxygens (including phenoxy) is 2. The zero-order valence-corrected chi connectivity index (χ0v) is 22.2. The molecule has 0 aliphatic rings. The van der Waals surface area contributed by atoms with E-state index in [1.54, 1.807) is 7.11 Å². The van der Waals surface area contributed by atoms with Crippen molar-refractivity contribution in [3.05, 3.63) is 103 Å². The maximum absolute atomic E-state index is 7.09. The van der Waals surface area contributed by atoms with Crippen LogP contribution >= 0.6 is 0 Å². The molecule has 0 fully saturated rings. The summed E-state index contributed by atoms with van der Waals surface area (Å²) in [5, 5.41) is 2.52. The first-order valence-electron chi connectivity index (χ1n) is 11.9. The van der Waals surface area contributed by atoms with Gasteiger partial charge in [-0.2, -0.15) is 0 Å². The fourth-order valence-corrected chi connectivity index (χ4v) is 9.16. The summed E-state index contributed by atoms with van der Waals surface area (Å²) < 4.78 is 18.6. The molecule has 0 unspecified atom stereocenters. The van der Waals surface area contributed by atoms with Gasteiger partial charge in [-0.05, 0) is 33.1 Å². The SMILES string of the molecule is C=C[C@@H](OCc1ccc(OC)cc1)[C@@H](C)CO[Si](c1ccccc1)(c1ccccc1)C(C)(C)C. The third-order valence-electron chi connectivity index (χ3n) is 6.37. The highest BCUT2D eigenvalue weighted by molar-refractivity contribution is 6.99. The monoisotopic (exact) mass is 474 g/mol. The summed E-state index contributed by atoms with van der Waals surface area (Å²) in [6.07, 6.45) is 1.78. The lowest BCUT2D eigenvalue weighted by atomic mass is 10.1. The van der Waals surface area contributed by atoms with E-state index in [0.29, 0.717) is 13.2 Å². The standard InChI is InChI=1S/C30H38O3Si/c1-7-29(32-23-25-18-20-26(31-6)21-19-25)24(2)22-33-34(30(3,4)5,27-14-10-8-11-15-27)28-16-12-9-13-17-28/h7-21,24,29H,1,22-23H2,2-6H3/t24-,29+/m0/s1. The number of hydrogen-bond donors (Lipinski definition) is 0. The number of methoxy groups -OCH3 is 1. The van der Waals surface area contributed by atoms with Crippen LogP contribution in [0.25, 0.3) is 0 Å². The molecule has 0 aliphatic heterocycles. The Kier molecular flexibility index (Phi) is 8.89. The molecule has 0 amide bonds. The van der Waals surface area contributed by atoms with Crippen LogP contribution < -0.4 is 15.1 Å². The van der Waals surface area contributed by atoms with Crippen LogP contribution in [-0.4, -0.2) is 28.1 Å². The van der Waals surface area contributed by atoms with Crippen molar-refractivity contribution in [2.24, 2.45) is 5.92 Å². The summed E-state index contributed by atoms with van der Waals surface area (Å²) in [5.41, 5.74) is 1.10. The number of rotatable bonds is 11. The molecule has 0 bridgehead atoms. The van der Waals surface area contributed by atoms with E-state index in [1.165, 1.54) is 10.4 Å². The van der Waals surface area contributed by atoms with Crippen molar-refractivity contribution in [3.8, 4) is 5.75 Å². The van der Waals surface area contributed by atoms with Gasteiger partial charge >= 0.3 is 0 Å². The highest BCUT2D eigenvalue weighted by Gasteiger charge is 2.50. The van der Waals surface area contributed by atoms with Gasteiger partial charge in [-0.1, -0.05) is 107 Å². The van der Waals surface area contributed by atoms with Gasteiger partial charge in [0.1, 0.15) is 5.75 Å². The van der Waals surface area contributed by atoms with Crippen LogP contribution in [0.1, 0.15) is 33.3 Å². The predicted molar refractivity (Wildman–Crippen MR) is 145 cm³/mol. The van der Waals surface area contributed by atoms with Crippen LogP contribution in [0.3, 0.4) is 0 Å². The van der Waals surface area contributed by atoms with Crippen LogP contribution in [0.4, 0.5) is 0 Å². The molecular weight excluding hydrogens is 436 g/mol. The van der Waals surface area contributed by atoms with Gasteiger partial charge in [-0.15, -0.1) is 6.58 Å². The van der Waals surface area contributed by atoms with E-state index in [2.05, 4.69) is 94.9 Å². The van der Waals surface area contributed by atoms with Gasteiger partial charge in [0.2, 0.25) is 0 Å². The molecule has 0 radical (unpaired) electrons. The molecule has 180 valence electrons. The summed E-state index contributed by atoms with van der Waals surface area (Å²) in [7, 11) is -0.899. The molecule has 2 atom stereocenters. The summed E-state index contributed by atoms with van der Waals surface area (Å²) in [5.74, 6) is 0.994. The highest BCUT2D eigenvalue weighted by Crippen LogP contribution is 2.37. The Bertz CT molecular complexity index is 971. The van der Waals surface area contributed by atoms with Crippen LogP contribution in [0.2, 0.25) is 5.04 Å². The van der Waals surface area contributed by atoms with Crippen LogP contribution in [0.5, 0.6) is 5.75 Å². The first-order valence-corrected chi connectivity index (χ1v) is 13.8. The fourth-order valence-electron chi connectivity index (χ4n) is 4.49. The van der Waals surface area contributed by atoms with Gasteiger partial charge < -0.3 is 13.9 Å². The molecule has 0 spiro atoms. The minimum atomic E-state index is -2.57. The molecule has 0 N–H and O–H groups in total. The van der Waals surface area contributed by atoms with E-state index in [0.717, 1.165) is 11.3 Å². The molecule has 0 saturated carbocycles. The van der Waals surface area contributed by atoms with E-state index >= 15 is 0 Å². The van der Waals surface area contributed by atoms with Crippen molar-refractivity contribution in [3.63, 3.8) is 0 Å². The molecule has 3 rings (SSSR count). The largest absolute Gasteiger partial charge is 0.497 e. The lowest BCUT2D eigenvalue weighted by molar-refractivity contribution is 0.0220. The fraction of sp³-hybridized carbons (Fsp3) is 0.333. The minimum absolute atomic E-state index is 0.0525. The summed E-state index contributed by atoms with van der Waals surface area (Å²) in [6, 6.07) is 29.5. The Hall–Kier alpha value is -2.66. The molecule has 3 aromatic rings. The van der Waals surface area contributed by atoms with E-state index in [9.17, 15) is 0 Å². The van der Waals surface area contributed by atoms with Crippen molar-refractivity contribution in [2.75, 3.05) is 13.7 Å². The third kappa shape index (κ3) is 5.87. The van der Waals surface area contributed by atoms with Crippen LogP contribution in [-0.2, 0) is 15.8 Å². The Morgan fingerprint density at radius 3 is 1.82 bits per heavy atom. The van der Waals surface area contributed by atoms with Gasteiger partial charge in [-0.3, -0.25) is 0 Å². The van der Waals surface area contributed by atoms with Gasteiger partial charge in [0, 0.05) is 12.5 Å². The summed E-state index contributed by atoms with van der Waals surface area (Å²) in [6.45, 7) is 14.2. The highest BCUT2D eigenvalue weighted by atomic mass is 28.4. The zero-order valence-electron chi connectivity index (χ0n) is 21.2. The Balaban J connectivity index is 1.81. The second-order valence-electron chi connectivity index (χ2n) is 9.81. The molecule has 3 aromatic carbocycles. The van der Waals surface area contributed by atoms with Crippen molar-refractivity contribution in [1.82, 2.24) is 0 Å². The van der Waals surface area contributed by atoms with Crippen LogP contribution in [0.15, 0.2) is 97.6 Å². The average Bonchev–Trinajstić information content (AvgIpc) is 2.85. The normalized spacial score (nSPS) is 13.8. The van der Waals surface area contributed by atoms with Crippen molar-refractivity contribution in [2.45, 2.75) is 45.4 Å². The molecule has 0 heterocycles. The molecule has 34 heavy (non-hydrogen) atoms. The van der Waals surface area contributed by atoms with E-state index in [4.69, 9.17) is 13.9 Å². The maximum atomic E-state index is 7.09. The molecule has 0 aliphatic carbocycles. The third-order valence-corrected chi connectivity index (χ3v) is 11.4. The predicted octanol–water partition coefficient (Wildman–Crippen LogP) is 5.98. The lowest BCUT2D eigenvalue weighted by Gasteiger charge is -2.44. The first-order chi connectivity index (χ1) is 16.3. The second-order valence-corrected chi connectivity index (χ2v) is 14.1. The first kappa shape index (κ1) is 26.0. The van der Waals surface area contributed by atoms with Crippen LogP contribution in [0, 0.1) is 5.92 Å².